The van der Waals surface area contributed by atoms with E-state index in [0.29, 0.717) is 17.0 Å². The van der Waals surface area contributed by atoms with E-state index >= 15 is 0 Å². The summed E-state index contributed by atoms with van der Waals surface area (Å²) < 4.78 is 13.3. The van der Waals surface area contributed by atoms with Crippen molar-refractivity contribution < 1.29 is 4.39 Å². The zero-order chi connectivity index (χ0) is 10.8. The highest BCUT2D eigenvalue weighted by Gasteiger charge is 2.19. The second-order valence-corrected chi connectivity index (χ2v) is 4.34. The van der Waals surface area contributed by atoms with Crippen molar-refractivity contribution in [1.29, 1.82) is 5.26 Å². The van der Waals surface area contributed by atoms with E-state index < -0.39 is 5.41 Å². The molecule has 1 aromatic carbocycles. The van der Waals surface area contributed by atoms with Gasteiger partial charge >= 0.3 is 0 Å². The summed E-state index contributed by atoms with van der Waals surface area (Å²) in [6.07, 6.45) is 0.371. The lowest BCUT2D eigenvalue weighted by Crippen LogP contribution is -2.12. The molecule has 0 bridgehead atoms. The van der Waals surface area contributed by atoms with Gasteiger partial charge in [0.15, 0.2) is 0 Å². The van der Waals surface area contributed by atoms with Gasteiger partial charge in [0, 0.05) is 5.02 Å². The molecule has 0 radical (unpaired) electrons. The topological polar surface area (TPSA) is 23.8 Å². The summed E-state index contributed by atoms with van der Waals surface area (Å²) in [5.74, 6) is -0.308. The Balaban J connectivity index is 2.98. The van der Waals surface area contributed by atoms with Crippen LogP contribution >= 0.6 is 11.6 Å². The molecule has 1 aromatic rings. The molecule has 74 valence electrons. The fraction of sp³-hybridized carbons (Fsp3) is 0.364. The Kier molecular flexibility index (Phi) is 3.13. The van der Waals surface area contributed by atoms with Gasteiger partial charge in [0.1, 0.15) is 5.82 Å². The van der Waals surface area contributed by atoms with Gasteiger partial charge in [0.25, 0.3) is 0 Å². The van der Waals surface area contributed by atoms with Crippen LogP contribution in [0.5, 0.6) is 0 Å². The first-order valence-electron chi connectivity index (χ1n) is 4.30. The maximum atomic E-state index is 13.3. The number of nitrogens with zero attached hydrogens (tertiary/aromatic N) is 1. The summed E-state index contributed by atoms with van der Waals surface area (Å²) in [5.41, 5.74) is -0.0741. The predicted octanol–water partition coefficient (Wildman–Crippen LogP) is 3.57. The van der Waals surface area contributed by atoms with Crippen LogP contribution in [0.1, 0.15) is 19.4 Å². The van der Waals surface area contributed by atoms with E-state index in [-0.39, 0.29) is 5.82 Å². The fourth-order valence-electron chi connectivity index (χ4n) is 1.19. The molecule has 0 aliphatic heterocycles. The van der Waals surface area contributed by atoms with E-state index in [2.05, 4.69) is 6.07 Å². The van der Waals surface area contributed by atoms with E-state index in [0.717, 1.165) is 0 Å². The summed E-state index contributed by atoms with van der Waals surface area (Å²) in [5, 5.41) is 9.31. The van der Waals surface area contributed by atoms with Crippen LogP contribution in [0.25, 0.3) is 0 Å². The van der Waals surface area contributed by atoms with Gasteiger partial charge in [-0.15, -0.1) is 0 Å². The molecular weight excluding hydrogens is 201 g/mol. The standard InChI is InChI=1S/C11H11ClFN/c1-11(2,7-14)6-8-5-9(12)3-4-10(8)13/h3-5H,6H2,1-2H3. The van der Waals surface area contributed by atoms with E-state index in [1.807, 2.05) is 0 Å². The van der Waals surface area contributed by atoms with Crippen LogP contribution in [0.15, 0.2) is 18.2 Å². The van der Waals surface area contributed by atoms with Crippen LogP contribution in [0.4, 0.5) is 4.39 Å². The van der Waals surface area contributed by atoms with Gasteiger partial charge < -0.3 is 0 Å². The average Bonchev–Trinajstić information content (AvgIpc) is 2.11. The zero-order valence-corrected chi connectivity index (χ0v) is 8.90. The van der Waals surface area contributed by atoms with Gasteiger partial charge in [-0.2, -0.15) is 5.26 Å². The number of hydrogen-bond donors (Lipinski definition) is 0. The Labute approximate surface area is 88.1 Å². The number of hydrogen-bond acceptors (Lipinski definition) is 1. The maximum Gasteiger partial charge on any atom is 0.126 e. The van der Waals surface area contributed by atoms with Gasteiger partial charge in [0.05, 0.1) is 11.5 Å². The van der Waals surface area contributed by atoms with Crippen molar-refractivity contribution in [3.8, 4) is 6.07 Å². The molecule has 0 saturated carbocycles. The molecule has 1 rings (SSSR count). The minimum absolute atomic E-state index is 0.308. The highest BCUT2D eigenvalue weighted by Crippen LogP contribution is 2.24. The molecule has 0 aliphatic rings. The van der Waals surface area contributed by atoms with Gasteiger partial charge in [0.2, 0.25) is 0 Å². The van der Waals surface area contributed by atoms with E-state index in [9.17, 15) is 4.39 Å². The molecule has 0 saturated heterocycles. The van der Waals surface area contributed by atoms with Crippen LogP contribution in [-0.2, 0) is 6.42 Å². The van der Waals surface area contributed by atoms with Gasteiger partial charge in [-0.05, 0) is 44.0 Å². The van der Waals surface area contributed by atoms with E-state index in [1.54, 1.807) is 19.9 Å². The molecular formula is C11H11ClFN. The SMILES string of the molecule is CC(C)(C#N)Cc1cc(Cl)ccc1F. The molecule has 0 atom stereocenters. The quantitative estimate of drug-likeness (QED) is 0.734. The molecule has 0 aromatic heterocycles. The molecule has 0 unspecified atom stereocenters. The molecule has 14 heavy (non-hydrogen) atoms. The minimum atomic E-state index is -0.564. The number of benzene rings is 1. The van der Waals surface area contributed by atoms with Crippen molar-refractivity contribution in [3.63, 3.8) is 0 Å². The Morgan fingerprint density at radius 2 is 2.14 bits per heavy atom. The van der Waals surface area contributed by atoms with Crippen molar-refractivity contribution in [2.24, 2.45) is 5.41 Å². The van der Waals surface area contributed by atoms with Crippen LogP contribution in [0.3, 0.4) is 0 Å². The molecule has 3 heteroatoms. The maximum absolute atomic E-state index is 13.3. The van der Waals surface area contributed by atoms with Crippen LogP contribution < -0.4 is 0 Å². The average molecular weight is 212 g/mol. The highest BCUT2D eigenvalue weighted by molar-refractivity contribution is 6.30. The first-order chi connectivity index (χ1) is 6.44. The van der Waals surface area contributed by atoms with Gasteiger partial charge in [-0.25, -0.2) is 4.39 Å². The first kappa shape index (κ1) is 11.0. The summed E-state index contributed by atoms with van der Waals surface area (Å²) in [6.45, 7) is 3.54. The van der Waals surface area contributed by atoms with Crippen molar-refractivity contribution in [2.75, 3.05) is 0 Å². The van der Waals surface area contributed by atoms with Crippen LogP contribution in [-0.4, -0.2) is 0 Å². The zero-order valence-electron chi connectivity index (χ0n) is 8.14. The summed E-state index contributed by atoms with van der Waals surface area (Å²) >= 11 is 5.74. The van der Waals surface area contributed by atoms with Crippen LogP contribution in [0, 0.1) is 22.6 Å². The smallest absolute Gasteiger partial charge is 0.126 e. The van der Waals surface area contributed by atoms with Crippen molar-refractivity contribution in [3.05, 3.63) is 34.6 Å². The molecule has 0 fully saturated rings. The fourth-order valence-corrected chi connectivity index (χ4v) is 1.39. The lowest BCUT2D eigenvalue weighted by molar-refractivity contribution is 0.476. The predicted molar refractivity (Wildman–Crippen MR) is 54.5 cm³/mol. The van der Waals surface area contributed by atoms with Crippen molar-refractivity contribution >= 4 is 11.6 Å². The monoisotopic (exact) mass is 211 g/mol. The molecule has 0 amide bonds. The molecule has 0 N–H and O–H groups in total. The second-order valence-electron chi connectivity index (χ2n) is 3.91. The third kappa shape index (κ3) is 2.71. The number of rotatable bonds is 2. The summed E-state index contributed by atoms with van der Waals surface area (Å²) in [4.78, 5) is 0. The van der Waals surface area contributed by atoms with E-state index in [4.69, 9.17) is 16.9 Å². The minimum Gasteiger partial charge on any atom is -0.207 e. The highest BCUT2D eigenvalue weighted by atomic mass is 35.5. The van der Waals surface area contributed by atoms with Crippen molar-refractivity contribution in [1.82, 2.24) is 0 Å². The Hall–Kier alpha value is -1.07. The van der Waals surface area contributed by atoms with Gasteiger partial charge in [-0.3, -0.25) is 0 Å². The Morgan fingerprint density at radius 1 is 1.50 bits per heavy atom. The Morgan fingerprint density at radius 3 is 2.71 bits per heavy atom. The van der Waals surface area contributed by atoms with Crippen molar-refractivity contribution in [2.45, 2.75) is 20.3 Å². The summed E-state index contributed by atoms with van der Waals surface area (Å²) in [7, 11) is 0. The number of nitriles is 1. The third-order valence-electron chi connectivity index (χ3n) is 1.94. The lowest BCUT2D eigenvalue weighted by Gasteiger charge is -2.15. The number of halogens is 2. The molecule has 1 nitrogen and oxygen atoms in total. The second kappa shape index (κ2) is 3.98. The molecule has 0 heterocycles. The largest absolute Gasteiger partial charge is 0.207 e. The summed E-state index contributed by atoms with van der Waals surface area (Å²) in [6, 6.07) is 6.52. The molecule has 0 spiro atoms. The third-order valence-corrected chi connectivity index (χ3v) is 2.18. The normalized spacial score (nSPS) is 11.1. The Bertz CT molecular complexity index is 379. The lowest BCUT2D eigenvalue weighted by atomic mass is 9.87. The van der Waals surface area contributed by atoms with Crippen LogP contribution in [0.2, 0.25) is 5.02 Å². The van der Waals surface area contributed by atoms with E-state index in [1.165, 1.54) is 12.1 Å². The van der Waals surface area contributed by atoms with Gasteiger partial charge in [-0.1, -0.05) is 11.6 Å². The first-order valence-corrected chi connectivity index (χ1v) is 4.67. The molecule has 0 aliphatic carbocycles.